The summed E-state index contributed by atoms with van der Waals surface area (Å²) in [5, 5.41) is 12.6. The zero-order chi connectivity index (χ0) is 13.3. The van der Waals surface area contributed by atoms with Gasteiger partial charge < -0.3 is 14.5 Å². The lowest BCUT2D eigenvalue weighted by molar-refractivity contribution is -0.143. The van der Waals surface area contributed by atoms with E-state index in [0.29, 0.717) is 18.7 Å². The van der Waals surface area contributed by atoms with Gasteiger partial charge in [-0.05, 0) is 26.2 Å². The Hall–Kier alpha value is -1.56. The highest BCUT2D eigenvalue weighted by molar-refractivity contribution is 6.32. The molecule has 1 amide bonds. The Labute approximate surface area is 108 Å². The fraction of sp³-hybridized carbons (Fsp3) is 0.545. The monoisotopic (exact) mass is 272 g/mol. The number of carboxylic acids is 1. The number of hydrogen-bond donors (Lipinski definition) is 1. The number of aryl methyl sites for hydroxylation is 1. The lowest BCUT2D eigenvalue weighted by Gasteiger charge is -2.32. The van der Waals surface area contributed by atoms with Gasteiger partial charge in [0, 0.05) is 6.54 Å². The van der Waals surface area contributed by atoms with E-state index in [1.54, 1.807) is 6.92 Å². The van der Waals surface area contributed by atoms with Crippen molar-refractivity contribution >= 4 is 23.5 Å². The summed E-state index contributed by atoms with van der Waals surface area (Å²) in [4.78, 5) is 24.8. The molecule has 1 saturated heterocycles. The van der Waals surface area contributed by atoms with Crippen LogP contribution in [-0.2, 0) is 4.79 Å². The van der Waals surface area contributed by atoms with Gasteiger partial charge in [0.1, 0.15) is 17.4 Å². The van der Waals surface area contributed by atoms with Gasteiger partial charge in [0.05, 0.1) is 0 Å². The highest BCUT2D eigenvalue weighted by Crippen LogP contribution is 2.25. The predicted octanol–water partition coefficient (Wildman–Crippen LogP) is 1.72. The zero-order valence-corrected chi connectivity index (χ0v) is 10.6. The van der Waals surface area contributed by atoms with E-state index in [-0.39, 0.29) is 10.7 Å². The number of rotatable bonds is 2. The molecule has 0 unspecified atom stereocenters. The van der Waals surface area contributed by atoms with Crippen molar-refractivity contribution in [3.63, 3.8) is 0 Å². The summed E-state index contributed by atoms with van der Waals surface area (Å²) < 4.78 is 4.83. The van der Waals surface area contributed by atoms with E-state index < -0.39 is 17.9 Å². The molecule has 0 saturated carbocycles. The van der Waals surface area contributed by atoms with Crippen molar-refractivity contribution in [1.29, 1.82) is 0 Å². The summed E-state index contributed by atoms with van der Waals surface area (Å²) in [6, 6.07) is -0.795. The van der Waals surface area contributed by atoms with Crippen molar-refractivity contribution in [3.8, 4) is 0 Å². The minimum absolute atomic E-state index is 0.0211. The Balaban J connectivity index is 2.29. The fourth-order valence-corrected chi connectivity index (χ4v) is 2.41. The average Bonchev–Trinajstić information content (AvgIpc) is 2.68. The Bertz CT molecular complexity index is 466. The molecular weight excluding hydrogens is 260 g/mol. The lowest BCUT2D eigenvalue weighted by Crippen LogP contribution is -2.48. The van der Waals surface area contributed by atoms with Gasteiger partial charge in [-0.1, -0.05) is 16.8 Å². The van der Waals surface area contributed by atoms with E-state index in [4.69, 9.17) is 21.2 Å². The number of aromatic nitrogens is 1. The number of amides is 1. The molecule has 1 atom stereocenters. The number of likely N-dealkylation sites (tertiary alicyclic amines) is 1. The van der Waals surface area contributed by atoms with Gasteiger partial charge in [0.2, 0.25) is 0 Å². The van der Waals surface area contributed by atoms with Crippen LogP contribution in [0.25, 0.3) is 0 Å². The summed E-state index contributed by atoms with van der Waals surface area (Å²) in [5.74, 6) is -1.11. The zero-order valence-electron chi connectivity index (χ0n) is 9.85. The molecule has 1 aliphatic heterocycles. The van der Waals surface area contributed by atoms with Crippen molar-refractivity contribution in [3.05, 3.63) is 16.5 Å². The van der Waals surface area contributed by atoms with Gasteiger partial charge in [0.15, 0.2) is 5.15 Å². The quantitative estimate of drug-likeness (QED) is 0.886. The van der Waals surface area contributed by atoms with E-state index in [1.165, 1.54) is 4.90 Å². The van der Waals surface area contributed by atoms with E-state index in [1.807, 2.05) is 0 Å². The maximum absolute atomic E-state index is 12.3. The second-order valence-corrected chi connectivity index (χ2v) is 4.61. The van der Waals surface area contributed by atoms with Gasteiger partial charge in [0.25, 0.3) is 5.91 Å². The van der Waals surface area contributed by atoms with Crippen LogP contribution in [0.3, 0.4) is 0 Å². The van der Waals surface area contributed by atoms with Crippen molar-refractivity contribution in [2.45, 2.75) is 32.2 Å². The largest absolute Gasteiger partial charge is 0.480 e. The molecule has 1 N–H and O–H groups in total. The first-order chi connectivity index (χ1) is 8.52. The molecule has 18 heavy (non-hydrogen) atoms. The summed E-state index contributed by atoms with van der Waals surface area (Å²) in [6.45, 7) is 1.99. The van der Waals surface area contributed by atoms with Crippen LogP contribution in [-0.4, -0.2) is 39.6 Å². The number of aliphatic carboxylic acids is 1. The number of carboxylic acid groups (broad SMARTS) is 1. The highest BCUT2D eigenvalue weighted by Gasteiger charge is 2.35. The second kappa shape index (κ2) is 4.97. The Morgan fingerprint density at radius 1 is 1.50 bits per heavy atom. The third-order valence-electron chi connectivity index (χ3n) is 3.08. The molecule has 7 heteroatoms. The van der Waals surface area contributed by atoms with Crippen LogP contribution >= 0.6 is 11.6 Å². The van der Waals surface area contributed by atoms with E-state index >= 15 is 0 Å². The third kappa shape index (κ3) is 2.20. The number of carbonyl (C=O) groups is 2. The Morgan fingerprint density at radius 2 is 2.22 bits per heavy atom. The van der Waals surface area contributed by atoms with Crippen molar-refractivity contribution < 1.29 is 19.2 Å². The van der Waals surface area contributed by atoms with E-state index in [2.05, 4.69) is 5.16 Å². The standard InChI is InChI=1S/C11H13ClN2O4/c1-6-8(9(12)13-18-6)10(15)14-5-3-2-4-7(14)11(16)17/h7H,2-5H2,1H3,(H,16,17)/t7-/m1/s1. The number of halogens is 1. The van der Waals surface area contributed by atoms with Crippen molar-refractivity contribution in [1.82, 2.24) is 10.1 Å². The van der Waals surface area contributed by atoms with Crippen molar-refractivity contribution in [2.24, 2.45) is 0 Å². The van der Waals surface area contributed by atoms with Crippen LogP contribution in [0.4, 0.5) is 0 Å². The summed E-state index contributed by atoms with van der Waals surface area (Å²) >= 11 is 5.79. The van der Waals surface area contributed by atoms with Gasteiger partial charge in [-0.25, -0.2) is 4.79 Å². The lowest BCUT2D eigenvalue weighted by atomic mass is 10.0. The number of nitrogens with zero attached hydrogens (tertiary/aromatic N) is 2. The average molecular weight is 273 g/mol. The first-order valence-electron chi connectivity index (χ1n) is 5.68. The van der Waals surface area contributed by atoms with E-state index in [9.17, 15) is 9.59 Å². The molecular formula is C11H13ClN2O4. The molecule has 0 aliphatic carbocycles. The number of carbonyl (C=O) groups excluding carboxylic acids is 1. The first kappa shape index (κ1) is 12.9. The molecule has 0 radical (unpaired) electrons. The van der Waals surface area contributed by atoms with Gasteiger partial charge >= 0.3 is 5.97 Å². The van der Waals surface area contributed by atoms with Gasteiger partial charge in [-0.15, -0.1) is 0 Å². The third-order valence-corrected chi connectivity index (χ3v) is 3.34. The molecule has 1 aromatic heterocycles. The molecule has 2 heterocycles. The minimum atomic E-state index is -0.992. The van der Waals surface area contributed by atoms with Crippen LogP contribution < -0.4 is 0 Å². The Morgan fingerprint density at radius 3 is 2.78 bits per heavy atom. The maximum atomic E-state index is 12.3. The predicted molar refractivity (Wildman–Crippen MR) is 62.6 cm³/mol. The fourth-order valence-electron chi connectivity index (χ4n) is 2.16. The smallest absolute Gasteiger partial charge is 0.326 e. The first-order valence-corrected chi connectivity index (χ1v) is 6.05. The SMILES string of the molecule is Cc1onc(Cl)c1C(=O)N1CCCC[C@@H]1C(=O)O. The maximum Gasteiger partial charge on any atom is 0.326 e. The normalized spacial score (nSPS) is 19.9. The van der Waals surface area contributed by atoms with Crippen LogP contribution in [0.15, 0.2) is 4.52 Å². The molecule has 1 fully saturated rings. The Kier molecular flexibility index (Phi) is 3.56. The van der Waals surface area contributed by atoms with Crippen LogP contribution in [0.2, 0.25) is 5.15 Å². The second-order valence-electron chi connectivity index (χ2n) is 4.25. The number of piperidine rings is 1. The molecule has 98 valence electrons. The van der Waals surface area contributed by atoms with Gasteiger partial charge in [-0.3, -0.25) is 4.79 Å². The summed E-state index contributed by atoms with van der Waals surface area (Å²) in [6.07, 6.45) is 2.05. The van der Waals surface area contributed by atoms with Crippen LogP contribution in [0, 0.1) is 6.92 Å². The summed E-state index contributed by atoms with van der Waals surface area (Å²) in [7, 11) is 0. The van der Waals surface area contributed by atoms with Crippen LogP contribution in [0.1, 0.15) is 35.4 Å². The molecule has 1 aromatic rings. The van der Waals surface area contributed by atoms with Crippen molar-refractivity contribution in [2.75, 3.05) is 6.54 Å². The molecule has 0 aromatic carbocycles. The molecule has 6 nitrogen and oxygen atoms in total. The van der Waals surface area contributed by atoms with Crippen LogP contribution in [0.5, 0.6) is 0 Å². The molecule has 0 spiro atoms. The van der Waals surface area contributed by atoms with E-state index in [0.717, 1.165) is 12.8 Å². The topological polar surface area (TPSA) is 83.6 Å². The van der Waals surface area contributed by atoms with Gasteiger partial charge in [-0.2, -0.15) is 0 Å². The summed E-state index contributed by atoms with van der Waals surface area (Å²) in [5.41, 5.74) is 0.157. The molecule has 0 bridgehead atoms. The minimum Gasteiger partial charge on any atom is -0.480 e. The molecule has 2 rings (SSSR count). The highest BCUT2D eigenvalue weighted by atomic mass is 35.5. The molecule has 1 aliphatic rings. The number of hydrogen-bond acceptors (Lipinski definition) is 4.